The molecule has 618 valence electrons. The van der Waals surface area contributed by atoms with Gasteiger partial charge in [-0.15, -0.1) is 0 Å². The summed E-state index contributed by atoms with van der Waals surface area (Å²) in [7, 11) is -11.7. The molecule has 0 saturated carbocycles. The fourth-order valence-electron chi connectivity index (χ4n) is 12.9. The van der Waals surface area contributed by atoms with Crippen molar-refractivity contribution in [1.82, 2.24) is 5.32 Å². The molecular weight excluding hydrogens is 1430 g/mol. The number of hydrogen-bond donors (Lipinski definition) is 10. The third-order valence-corrected chi connectivity index (χ3v) is 22.5. The van der Waals surface area contributed by atoms with Gasteiger partial charge >= 0.3 is 0 Å². The highest BCUT2D eigenvalue weighted by Gasteiger charge is 2.55. The molecule has 27 heteroatoms. The summed E-state index contributed by atoms with van der Waals surface area (Å²) in [6, 6.07) is -1.94. The van der Waals surface area contributed by atoms with Gasteiger partial charge in [-0.1, -0.05) is 128 Å². The highest BCUT2D eigenvalue weighted by molar-refractivity contribution is 7.59. The lowest BCUT2D eigenvalue weighted by molar-refractivity contribution is -0.390. The Balaban J connectivity index is 1.15. The first-order valence-electron chi connectivity index (χ1n) is 38.6. The highest BCUT2D eigenvalue weighted by atomic mass is 31.3. The van der Waals surface area contributed by atoms with Crippen molar-refractivity contribution in [2.45, 2.75) is 362 Å². The minimum absolute atomic E-state index is 0.542. The Morgan fingerprint density at radius 2 is 0.694 bits per heavy atom. The predicted molar refractivity (Wildman–Crippen MR) is 412 cm³/mol. The van der Waals surface area contributed by atoms with Crippen molar-refractivity contribution in [1.29, 1.82) is 0 Å². The van der Waals surface area contributed by atoms with E-state index < -0.39 is 158 Å². The molecule has 0 radical (unpaired) electrons. The summed E-state index contributed by atoms with van der Waals surface area (Å²) in [5.41, 5.74) is 14.9. The Hall–Kier alpha value is -3.77. The number of nitrogens with one attached hydrogen (secondary N) is 1. The van der Waals surface area contributed by atoms with E-state index in [0.717, 1.165) is 128 Å². The largest absolute Gasteiger partial charge is 0.756 e. The van der Waals surface area contributed by atoms with Crippen LogP contribution in [0.2, 0.25) is 0 Å². The van der Waals surface area contributed by atoms with Crippen LogP contribution in [0.5, 0.6) is 0 Å². The second-order valence-electron chi connectivity index (χ2n) is 30.4. The molecule has 4 aliphatic rings. The van der Waals surface area contributed by atoms with Gasteiger partial charge in [0.1, 0.15) is 79.3 Å². The van der Waals surface area contributed by atoms with Crippen molar-refractivity contribution < 1.29 is 116 Å². The standard InChI is InChI=1S/C81H135NO24P2/c1-50(2)27-17-28-51(3)29-18-30-52(4)31-19-32-53(5)33-20-34-54(6)35-21-36-55(7)37-22-38-56(8)39-23-40-57(9)41-24-42-58(10)43-25-44-59(11)45-26-46-60(12)47-48-97-107(93,94)106-108(95,96)105-78-66(82-64(16)84)70(88)75(65(49-83)101-78)102-81-77(72(90)68(86)62(14)100-81)104-80-74(92)76(69(87)63(15)99-80)103-79-73(91)71(89)67(85)61(13)98-79/h27,29,31,33,35,37,39,41,43,45,47,61-63,65-81,83,85-92H,17-26,28,30,32,34,36,38,40,42,44,46,48-49H2,1-16H3,(H,82,84)(H,93,94)(H,95,96)/p-2/b51-29+,52-31+,53-33-,54-35-,55-37-,56-39-,57-41-,58-43-,59-45-,60-47-/t61-,62-,63-,65-,66-,67-,68-,69-,70-,71+,72+,73+,74+,75-,76+,77+,78?,79-,80-,81-/m1/s1. The number of amides is 1. The summed E-state index contributed by atoms with van der Waals surface area (Å²) >= 11 is 0. The quantitative estimate of drug-likeness (QED) is 0.0200. The first-order chi connectivity index (χ1) is 50.8. The Morgan fingerprint density at radius 3 is 1.06 bits per heavy atom. The van der Waals surface area contributed by atoms with Gasteiger partial charge in [-0.25, -0.2) is 4.31 Å². The smallest absolute Gasteiger partial charge is 0.276 e. The van der Waals surface area contributed by atoms with Gasteiger partial charge in [0.25, 0.3) is 15.6 Å². The molecule has 4 heterocycles. The zero-order chi connectivity index (χ0) is 80.6. The third kappa shape index (κ3) is 35.3. The van der Waals surface area contributed by atoms with Crippen molar-refractivity contribution in [3.05, 3.63) is 128 Å². The lowest BCUT2D eigenvalue weighted by atomic mass is 9.95. The zero-order valence-electron chi connectivity index (χ0n) is 67.0. The van der Waals surface area contributed by atoms with Crippen LogP contribution in [0.25, 0.3) is 0 Å². The molecule has 22 atom stereocenters. The van der Waals surface area contributed by atoms with Crippen LogP contribution in [0, 0.1) is 0 Å². The van der Waals surface area contributed by atoms with Gasteiger partial charge in [-0.05, 0) is 232 Å². The number of aliphatic hydroxyl groups is 9. The molecule has 1 amide bonds. The second kappa shape index (κ2) is 49.1. The summed E-state index contributed by atoms with van der Waals surface area (Å²) < 4.78 is 80.7. The normalized spacial score (nSPS) is 31.9. The van der Waals surface area contributed by atoms with Crippen LogP contribution < -0.4 is 15.1 Å². The van der Waals surface area contributed by atoms with Crippen LogP contribution in [0.3, 0.4) is 0 Å². The van der Waals surface area contributed by atoms with E-state index in [4.69, 9.17) is 42.2 Å². The summed E-state index contributed by atoms with van der Waals surface area (Å²) in [6.07, 6.45) is 12.4. The van der Waals surface area contributed by atoms with Crippen molar-refractivity contribution in [2.75, 3.05) is 13.2 Å². The van der Waals surface area contributed by atoms with Crippen molar-refractivity contribution in [3.63, 3.8) is 0 Å². The van der Waals surface area contributed by atoms with Gasteiger partial charge in [0, 0.05) is 6.92 Å². The van der Waals surface area contributed by atoms with E-state index in [1.807, 2.05) is 0 Å². The summed E-state index contributed by atoms with van der Waals surface area (Å²) in [4.78, 5) is 38.7. The van der Waals surface area contributed by atoms with Gasteiger partial charge in [0.15, 0.2) is 25.2 Å². The van der Waals surface area contributed by atoms with Gasteiger partial charge < -0.3 is 98.7 Å². The van der Waals surface area contributed by atoms with Crippen molar-refractivity contribution >= 4 is 21.6 Å². The van der Waals surface area contributed by atoms with Gasteiger partial charge in [0.2, 0.25) is 5.91 Å². The van der Waals surface area contributed by atoms with Crippen LogP contribution in [-0.4, -0.2) is 188 Å². The van der Waals surface area contributed by atoms with Crippen LogP contribution in [0.1, 0.15) is 239 Å². The highest BCUT2D eigenvalue weighted by Crippen LogP contribution is 2.57. The number of allylic oxidation sites excluding steroid dienone is 21. The SMILES string of the molecule is CC(=O)N[C@H]1C(OP(=O)([O-])OP(=O)([O-])OC/C=C(/C)CC/C=C(/C)CC/C=C(/C)CC/C=C(/C)CC/C=C(/C)CC/C=C(/C)CC/C=C(/C)CC/C=C(/C)CC/C=C(\C)CC/C=C(\C)CCC=C(C)C)O[C@H](CO)[C@@H](O[C@H]2O[C@H](C)[C@@H](O)[C@H](O)[C@@H]2O[C@H]2O[C@H](C)[C@@H](O)[C@H](O[C@H]3O[C@H](C)[C@@H](O)[C@H](O)[C@@H]3O)[C@@H]2O)[C@@H]1O. The van der Waals surface area contributed by atoms with E-state index in [9.17, 15) is 69.7 Å². The monoisotopic (exact) mass is 1570 g/mol. The van der Waals surface area contributed by atoms with Crippen LogP contribution in [-0.2, 0) is 60.4 Å². The minimum atomic E-state index is -6.04. The summed E-state index contributed by atoms with van der Waals surface area (Å²) in [5, 5.41) is 100. The lowest BCUT2D eigenvalue weighted by Gasteiger charge is -2.49. The summed E-state index contributed by atoms with van der Waals surface area (Å²) in [5.74, 6) is -0.896. The van der Waals surface area contributed by atoms with E-state index in [-0.39, 0.29) is 0 Å². The Kier molecular flexibility index (Phi) is 43.9. The van der Waals surface area contributed by atoms with E-state index in [2.05, 4.69) is 147 Å². The van der Waals surface area contributed by atoms with Gasteiger partial charge in [0.05, 0.1) is 31.5 Å². The molecule has 3 unspecified atom stereocenters. The number of ether oxygens (including phenoxy) is 7. The molecule has 0 aromatic heterocycles. The second-order valence-corrected chi connectivity index (χ2v) is 33.3. The molecule has 4 saturated heterocycles. The summed E-state index contributed by atoms with van der Waals surface area (Å²) in [6.45, 7) is 29.4. The first-order valence-corrected chi connectivity index (χ1v) is 41.5. The fraction of sp³-hybridized carbons (Fsp3) is 0.716. The number of aliphatic hydroxyl groups excluding tert-OH is 9. The van der Waals surface area contributed by atoms with Gasteiger partial charge in [-0.3, -0.25) is 18.4 Å². The Bertz CT molecular complexity index is 3200. The lowest BCUT2D eigenvalue weighted by Crippen LogP contribution is -2.68. The Morgan fingerprint density at radius 1 is 0.370 bits per heavy atom. The molecule has 0 bridgehead atoms. The molecule has 0 aliphatic carbocycles. The van der Waals surface area contributed by atoms with E-state index in [1.54, 1.807) is 6.92 Å². The molecule has 0 aromatic carbocycles. The van der Waals surface area contributed by atoms with Crippen LogP contribution >= 0.6 is 15.6 Å². The predicted octanol–water partition coefficient (Wildman–Crippen LogP) is 11.7. The molecule has 4 fully saturated rings. The third-order valence-electron chi connectivity index (χ3n) is 19.9. The van der Waals surface area contributed by atoms with Crippen LogP contribution in [0.4, 0.5) is 0 Å². The van der Waals surface area contributed by atoms with Crippen molar-refractivity contribution in [3.8, 4) is 0 Å². The number of carbonyl (C=O) groups excluding carboxylic acids is 1. The van der Waals surface area contributed by atoms with Crippen molar-refractivity contribution in [2.24, 2.45) is 0 Å². The maximum absolute atomic E-state index is 13.2. The average Bonchev–Trinajstić information content (AvgIpc) is 0.772. The molecule has 0 spiro atoms. The van der Waals surface area contributed by atoms with Gasteiger partial charge in [-0.2, -0.15) is 0 Å². The molecular formula is C81H133NO24P2-2. The van der Waals surface area contributed by atoms with E-state index >= 15 is 0 Å². The zero-order valence-corrected chi connectivity index (χ0v) is 68.8. The average molecular weight is 1570 g/mol. The molecule has 0 aromatic rings. The van der Waals surface area contributed by atoms with E-state index in [0.29, 0.717) is 12.8 Å². The molecule has 10 N–H and O–H groups in total. The number of phosphoric acid groups is 2. The van der Waals surface area contributed by atoms with Crippen LogP contribution in [0.15, 0.2) is 128 Å². The maximum Gasteiger partial charge on any atom is 0.276 e. The van der Waals surface area contributed by atoms with E-state index in [1.165, 1.54) is 82.6 Å². The molecule has 4 rings (SSSR count). The molecule has 108 heavy (non-hydrogen) atoms. The number of carbonyl (C=O) groups is 1. The molecule has 25 nitrogen and oxygen atoms in total. The number of hydrogen-bond acceptors (Lipinski definition) is 24. The molecule has 4 aliphatic heterocycles. The minimum Gasteiger partial charge on any atom is -0.756 e. The number of rotatable bonds is 45. The topological polar surface area (TPSA) is 384 Å². The maximum atomic E-state index is 13.2. The first kappa shape index (κ1) is 96.6. The number of phosphoric ester groups is 2. The Labute approximate surface area is 643 Å². The fourth-order valence-corrected chi connectivity index (χ4v) is 14.9.